The van der Waals surface area contributed by atoms with Crippen molar-refractivity contribution in [1.82, 2.24) is 16.0 Å². The zero-order chi connectivity index (χ0) is 48.9. The third-order valence-electron chi connectivity index (χ3n) is 12.8. The van der Waals surface area contributed by atoms with Gasteiger partial charge in [-0.05, 0) is 100 Å². The first-order valence-corrected chi connectivity index (χ1v) is 23.3. The number of benzene rings is 7. The number of hydrogen-bond acceptors (Lipinski definition) is 9. The van der Waals surface area contributed by atoms with Crippen LogP contribution in [-0.4, -0.2) is 60.3 Å². The fraction of sp³-hybridized carbons (Fsp3) is 0.211. The third-order valence-corrected chi connectivity index (χ3v) is 12.8. The van der Waals surface area contributed by atoms with Crippen molar-refractivity contribution in [3.8, 4) is 16.9 Å². The van der Waals surface area contributed by atoms with Crippen LogP contribution < -0.4 is 26.0 Å². The van der Waals surface area contributed by atoms with Crippen LogP contribution in [0.3, 0.4) is 0 Å². The Kier molecular flexibility index (Phi) is 15.7. The van der Waals surface area contributed by atoms with E-state index in [2.05, 4.69) is 57.7 Å². The number of unbranched alkanes of at least 4 members (excludes halogenated alkanes) is 1. The predicted molar refractivity (Wildman–Crippen MR) is 269 cm³/mol. The molecule has 0 aromatic heterocycles. The highest BCUT2D eigenvalue weighted by molar-refractivity contribution is 5.98. The van der Waals surface area contributed by atoms with Gasteiger partial charge in [-0.2, -0.15) is 0 Å². The van der Waals surface area contributed by atoms with Gasteiger partial charge in [-0.3, -0.25) is 25.0 Å². The fourth-order valence-electron chi connectivity index (χ4n) is 9.22. The number of rotatable bonds is 21. The lowest BCUT2D eigenvalue weighted by atomic mass is 9.77. The minimum absolute atomic E-state index is 0.00810. The highest BCUT2D eigenvalue weighted by atomic mass is 16.6. The minimum Gasteiger partial charge on any atom is -0.497 e. The van der Waals surface area contributed by atoms with Crippen LogP contribution in [0.1, 0.15) is 64.1 Å². The fourth-order valence-corrected chi connectivity index (χ4v) is 9.22. The summed E-state index contributed by atoms with van der Waals surface area (Å²) in [5.74, 6) is -0.615. The number of alkyl carbamates (subject to hydrolysis) is 1. The quantitative estimate of drug-likeness (QED) is 0.0203. The number of methoxy groups -OCH3 is 1. The van der Waals surface area contributed by atoms with Gasteiger partial charge in [0.05, 0.1) is 24.2 Å². The van der Waals surface area contributed by atoms with Crippen LogP contribution in [-0.2, 0) is 32.9 Å². The Morgan fingerprint density at radius 1 is 0.643 bits per heavy atom. The zero-order valence-corrected chi connectivity index (χ0v) is 38.8. The first-order valence-electron chi connectivity index (χ1n) is 23.3. The van der Waals surface area contributed by atoms with Crippen molar-refractivity contribution in [2.45, 2.75) is 55.8 Å². The van der Waals surface area contributed by atoms with Gasteiger partial charge in [0, 0.05) is 30.2 Å². The lowest BCUT2D eigenvalue weighted by molar-refractivity contribution is -0.384. The summed E-state index contributed by atoms with van der Waals surface area (Å²) in [7, 11) is 1.64. The number of nitro groups is 1. The molecule has 1 aliphatic rings. The maximum absolute atomic E-state index is 14.5. The van der Waals surface area contributed by atoms with E-state index in [1.807, 2.05) is 97.1 Å². The molecule has 7 aromatic carbocycles. The van der Waals surface area contributed by atoms with Gasteiger partial charge >= 0.3 is 6.09 Å². The number of fused-ring (bicyclic) bond motifs is 3. The molecule has 356 valence electrons. The molecule has 0 heterocycles. The Hall–Kier alpha value is -8.13. The van der Waals surface area contributed by atoms with Crippen molar-refractivity contribution in [3.63, 3.8) is 0 Å². The molecular weight excluding hydrogens is 883 g/mol. The standard InChI is InChI=1S/C57H55N5O8/c1-69-46-33-27-43(28-34-46)57(41-14-4-2-5-15-41,42-16-6-3-7-17-42)58-35-13-12-22-52(54(64)59-44-29-23-40(37-63)24-30-44)60-55(65)53(36-39-25-31-45(32-26-39)62(67)68)61-56(66)70-38-51-49-20-10-8-18-47(49)48-19-9-11-21-50(48)51/h2-11,14-21,23-34,51-53,58,63H,12-13,22,35-38H2,1H3,(H,59,64)(H,60,65)(H,61,66)/t52-,53-/m0/s1. The van der Waals surface area contributed by atoms with Gasteiger partial charge in [0.1, 0.15) is 24.4 Å². The number of aliphatic hydroxyl groups excluding tert-OH is 1. The maximum Gasteiger partial charge on any atom is 0.407 e. The molecule has 5 N–H and O–H groups in total. The molecule has 0 fully saturated rings. The van der Waals surface area contributed by atoms with Gasteiger partial charge in [0.2, 0.25) is 11.8 Å². The van der Waals surface area contributed by atoms with Crippen molar-refractivity contribution >= 4 is 29.3 Å². The summed E-state index contributed by atoms with van der Waals surface area (Å²) in [6, 6.07) is 54.5. The summed E-state index contributed by atoms with van der Waals surface area (Å²) in [6.07, 6.45) is 0.449. The molecule has 13 nitrogen and oxygen atoms in total. The largest absolute Gasteiger partial charge is 0.497 e. The van der Waals surface area contributed by atoms with Crippen LogP contribution in [0.4, 0.5) is 16.2 Å². The number of nitrogens with one attached hydrogen (secondary N) is 4. The van der Waals surface area contributed by atoms with Crippen LogP contribution in [0.5, 0.6) is 5.75 Å². The maximum atomic E-state index is 14.5. The number of amides is 3. The number of ether oxygens (including phenoxy) is 2. The van der Waals surface area contributed by atoms with E-state index in [0.29, 0.717) is 36.2 Å². The van der Waals surface area contributed by atoms with E-state index in [1.165, 1.54) is 24.3 Å². The average Bonchev–Trinajstić information content (AvgIpc) is 3.72. The van der Waals surface area contributed by atoms with Crippen molar-refractivity contribution in [2.24, 2.45) is 0 Å². The van der Waals surface area contributed by atoms with Crippen molar-refractivity contribution < 1.29 is 33.9 Å². The molecule has 8 rings (SSSR count). The Balaban J connectivity index is 1.01. The third kappa shape index (κ3) is 11.2. The SMILES string of the molecule is COc1ccc(C(NCCCC[C@H](NC(=O)[C@H](Cc2ccc([N+](=O)[O-])cc2)NC(=O)OCC2c3ccccc3-c3ccccc32)C(=O)Nc2ccc(CO)cc2)(c2ccccc2)c2ccccc2)cc1. The first kappa shape index (κ1) is 48.3. The normalized spacial score (nSPS) is 12.7. The summed E-state index contributed by atoms with van der Waals surface area (Å²) in [5.41, 5.74) is 8.05. The van der Waals surface area contributed by atoms with Crippen LogP contribution in [0, 0.1) is 10.1 Å². The summed E-state index contributed by atoms with van der Waals surface area (Å²) in [4.78, 5) is 53.4. The van der Waals surface area contributed by atoms with E-state index >= 15 is 0 Å². The van der Waals surface area contributed by atoms with E-state index < -0.39 is 40.5 Å². The van der Waals surface area contributed by atoms with Gasteiger partial charge < -0.3 is 30.5 Å². The average molecular weight is 938 g/mol. The lowest BCUT2D eigenvalue weighted by Crippen LogP contribution is -2.53. The van der Waals surface area contributed by atoms with E-state index in [0.717, 1.165) is 44.7 Å². The molecule has 0 saturated heterocycles. The van der Waals surface area contributed by atoms with Crippen molar-refractivity contribution in [1.29, 1.82) is 0 Å². The number of nitro benzene ring substituents is 1. The Morgan fingerprint density at radius 2 is 1.20 bits per heavy atom. The number of non-ortho nitro benzene ring substituents is 1. The molecule has 0 saturated carbocycles. The van der Waals surface area contributed by atoms with Crippen molar-refractivity contribution in [2.75, 3.05) is 25.6 Å². The summed E-state index contributed by atoms with van der Waals surface area (Å²) in [6.45, 7) is 0.364. The monoisotopic (exact) mass is 937 g/mol. The molecule has 0 spiro atoms. The van der Waals surface area contributed by atoms with Crippen LogP contribution in [0.25, 0.3) is 11.1 Å². The first-order chi connectivity index (χ1) is 34.2. The van der Waals surface area contributed by atoms with Crippen LogP contribution >= 0.6 is 0 Å². The Labute approximate surface area is 407 Å². The van der Waals surface area contributed by atoms with Gasteiger partial charge in [-0.15, -0.1) is 0 Å². The molecule has 0 aliphatic heterocycles. The van der Waals surface area contributed by atoms with E-state index in [1.54, 1.807) is 31.4 Å². The number of carbonyl (C=O) groups is 3. The molecule has 2 atom stereocenters. The lowest BCUT2D eigenvalue weighted by Gasteiger charge is -2.37. The molecule has 70 heavy (non-hydrogen) atoms. The van der Waals surface area contributed by atoms with Crippen LogP contribution in [0.2, 0.25) is 0 Å². The molecule has 7 aromatic rings. The molecule has 3 amide bonds. The molecule has 0 radical (unpaired) electrons. The molecule has 13 heteroatoms. The van der Waals surface area contributed by atoms with Gasteiger partial charge in [0.15, 0.2) is 0 Å². The highest BCUT2D eigenvalue weighted by Gasteiger charge is 2.36. The molecular formula is C57H55N5O8. The summed E-state index contributed by atoms with van der Waals surface area (Å²) >= 11 is 0. The summed E-state index contributed by atoms with van der Waals surface area (Å²) < 4.78 is 11.4. The van der Waals surface area contributed by atoms with E-state index in [9.17, 15) is 29.6 Å². The Morgan fingerprint density at radius 3 is 1.77 bits per heavy atom. The van der Waals surface area contributed by atoms with Gasteiger partial charge in [-0.25, -0.2) is 4.79 Å². The number of anilines is 1. The second kappa shape index (κ2) is 22.8. The van der Waals surface area contributed by atoms with Gasteiger partial charge in [0.25, 0.3) is 5.69 Å². The van der Waals surface area contributed by atoms with Gasteiger partial charge in [-0.1, -0.05) is 146 Å². The number of nitrogens with zero attached hydrogens (tertiary/aromatic N) is 1. The number of aliphatic hydroxyl groups is 1. The van der Waals surface area contributed by atoms with E-state index in [-0.39, 0.29) is 37.7 Å². The molecule has 1 aliphatic carbocycles. The molecule has 0 unspecified atom stereocenters. The number of carbonyl (C=O) groups excluding carboxylic acids is 3. The predicted octanol–water partition coefficient (Wildman–Crippen LogP) is 9.42. The minimum atomic E-state index is -1.24. The van der Waals surface area contributed by atoms with Crippen molar-refractivity contribution in [3.05, 3.63) is 231 Å². The summed E-state index contributed by atoms with van der Waals surface area (Å²) in [5, 5.41) is 33.6. The van der Waals surface area contributed by atoms with E-state index in [4.69, 9.17) is 9.47 Å². The smallest absolute Gasteiger partial charge is 0.407 e. The topological polar surface area (TPSA) is 181 Å². The Bertz CT molecular complexity index is 2790. The second-order valence-electron chi connectivity index (χ2n) is 17.2. The van der Waals surface area contributed by atoms with Crippen LogP contribution in [0.15, 0.2) is 182 Å². The number of hydrogen-bond donors (Lipinski definition) is 5. The molecule has 0 bridgehead atoms. The zero-order valence-electron chi connectivity index (χ0n) is 38.8. The highest BCUT2D eigenvalue weighted by Crippen LogP contribution is 2.44. The second-order valence-corrected chi connectivity index (χ2v) is 17.2.